The van der Waals surface area contributed by atoms with Gasteiger partial charge in [-0.05, 0) is 44.2 Å². The predicted molar refractivity (Wildman–Crippen MR) is 89.0 cm³/mol. The number of hydrogen-bond donors (Lipinski definition) is 3. The number of imidazole rings is 1. The fourth-order valence-electron chi connectivity index (χ4n) is 2.10. The van der Waals surface area contributed by atoms with Crippen molar-refractivity contribution in [2.75, 3.05) is 11.1 Å². The van der Waals surface area contributed by atoms with Crippen LogP contribution in [-0.4, -0.2) is 27.1 Å². The van der Waals surface area contributed by atoms with Gasteiger partial charge < -0.3 is 15.5 Å². The van der Waals surface area contributed by atoms with Crippen LogP contribution in [0.5, 0.6) is 0 Å². The molecule has 0 bridgehead atoms. The van der Waals surface area contributed by atoms with Gasteiger partial charge in [0.2, 0.25) is 0 Å². The van der Waals surface area contributed by atoms with E-state index >= 15 is 0 Å². The Morgan fingerprint density at radius 3 is 2.74 bits per heavy atom. The molecule has 23 heavy (non-hydrogen) atoms. The molecule has 1 aromatic carbocycles. The lowest BCUT2D eigenvalue weighted by Gasteiger charge is -2.08. The number of aromatic amines is 1. The summed E-state index contributed by atoms with van der Waals surface area (Å²) in [7, 11) is 0. The standard InChI is InChI=1S/C16H17N5O2/c1-9(2)23-16(22)19-12-7-13-15(18-8-12)21-14(20-13)10-3-5-11(17)6-4-10/h3-9H,17H2,1-2H3,(H,19,22)(H,18,20,21). The van der Waals surface area contributed by atoms with Crippen LogP contribution in [-0.2, 0) is 4.74 Å². The summed E-state index contributed by atoms with van der Waals surface area (Å²) in [5.41, 5.74) is 9.10. The van der Waals surface area contributed by atoms with Crippen LogP contribution in [0.2, 0.25) is 0 Å². The molecule has 2 heterocycles. The van der Waals surface area contributed by atoms with Crippen molar-refractivity contribution in [2.24, 2.45) is 0 Å². The van der Waals surface area contributed by atoms with Gasteiger partial charge >= 0.3 is 6.09 Å². The van der Waals surface area contributed by atoms with Crippen LogP contribution in [0.1, 0.15) is 13.8 Å². The molecule has 0 unspecified atom stereocenters. The molecule has 0 spiro atoms. The summed E-state index contributed by atoms with van der Waals surface area (Å²) in [5, 5.41) is 2.63. The Kier molecular flexibility index (Phi) is 3.84. The number of carbonyl (C=O) groups excluding carboxylic acids is 1. The quantitative estimate of drug-likeness (QED) is 0.644. The van der Waals surface area contributed by atoms with Crippen molar-refractivity contribution < 1.29 is 9.53 Å². The summed E-state index contributed by atoms with van der Waals surface area (Å²) in [6.45, 7) is 3.57. The number of carbonyl (C=O) groups is 1. The Morgan fingerprint density at radius 1 is 1.30 bits per heavy atom. The zero-order chi connectivity index (χ0) is 16.4. The molecule has 0 aliphatic heterocycles. The van der Waals surface area contributed by atoms with E-state index in [2.05, 4.69) is 20.3 Å². The smallest absolute Gasteiger partial charge is 0.411 e. The number of nitrogens with two attached hydrogens (primary N) is 1. The van der Waals surface area contributed by atoms with Gasteiger partial charge in [0, 0.05) is 11.3 Å². The highest BCUT2D eigenvalue weighted by Crippen LogP contribution is 2.22. The minimum atomic E-state index is -0.518. The van der Waals surface area contributed by atoms with E-state index in [-0.39, 0.29) is 6.10 Å². The number of amides is 1. The number of benzene rings is 1. The zero-order valence-electron chi connectivity index (χ0n) is 12.8. The molecule has 3 aromatic rings. The van der Waals surface area contributed by atoms with Crippen LogP contribution in [0.15, 0.2) is 36.5 Å². The van der Waals surface area contributed by atoms with Crippen molar-refractivity contribution in [3.05, 3.63) is 36.5 Å². The van der Waals surface area contributed by atoms with Gasteiger partial charge in [-0.3, -0.25) is 5.32 Å². The fraction of sp³-hybridized carbons (Fsp3) is 0.188. The first-order valence-corrected chi connectivity index (χ1v) is 7.20. The van der Waals surface area contributed by atoms with E-state index in [0.717, 1.165) is 5.56 Å². The van der Waals surface area contributed by atoms with Crippen molar-refractivity contribution in [3.63, 3.8) is 0 Å². The number of pyridine rings is 1. The molecule has 0 saturated carbocycles. The average Bonchev–Trinajstić information content (AvgIpc) is 2.90. The minimum absolute atomic E-state index is 0.186. The van der Waals surface area contributed by atoms with Crippen molar-refractivity contribution >= 4 is 28.6 Å². The number of hydrogen-bond acceptors (Lipinski definition) is 5. The Morgan fingerprint density at radius 2 is 2.04 bits per heavy atom. The zero-order valence-corrected chi connectivity index (χ0v) is 12.8. The number of anilines is 2. The average molecular weight is 311 g/mol. The largest absolute Gasteiger partial charge is 0.447 e. The molecular formula is C16H17N5O2. The van der Waals surface area contributed by atoms with Crippen LogP contribution < -0.4 is 11.1 Å². The number of nitrogens with zero attached hydrogens (tertiary/aromatic N) is 2. The Bertz CT molecular complexity index is 839. The van der Waals surface area contributed by atoms with Gasteiger partial charge in [0.15, 0.2) is 5.65 Å². The second kappa shape index (κ2) is 5.96. The topological polar surface area (TPSA) is 106 Å². The van der Waals surface area contributed by atoms with Crippen molar-refractivity contribution in [1.82, 2.24) is 15.0 Å². The number of rotatable bonds is 3. The van der Waals surface area contributed by atoms with Crippen LogP contribution in [0.25, 0.3) is 22.6 Å². The Hall–Kier alpha value is -3.09. The lowest BCUT2D eigenvalue weighted by atomic mass is 10.2. The van der Waals surface area contributed by atoms with Crippen LogP contribution in [0.4, 0.5) is 16.2 Å². The SMILES string of the molecule is CC(C)OC(=O)Nc1cnc2[nH]c(-c3ccc(N)cc3)nc2c1. The Labute approximate surface area is 132 Å². The first kappa shape index (κ1) is 14.8. The molecular weight excluding hydrogens is 294 g/mol. The number of fused-ring (bicyclic) bond motifs is 1. The molecule has 7 nitrogen and oxygen atoms in total. The third-order valence-electron chi connectivity index (χ3n) is 3.11. The summed E-state index contributed by atoms with van der Waals surface area (Å²) >= 11 is 0. The fourth-order valence-corrected chi connectivity index (χ4v) is 2.10. The maximum Gasteiger partial charge on any atom is 0.411 e. The second-order valence-electron chi connectivity index (χ2n) is 5.38. The highest BCUT2D eigenvalue weighted by atomic mass is 16.6. The van der Waals surface area contributed by atoms with Gasteiger partial charge in [0.25, 0.3) is 0 Å². The van der Waals surface area contributed by atoms with Gasteiger partial charge in [0.05, 0.1) is 18.0 Å². The molecule has 2 aromatic heterocycles. The predicted octanol–water partition coefficient (Wildman–Crippen LogP) is 3.16. The van der Waals surface area contributed by atoms with Gasteiger partial charge in [-0.1, -0.05) is 0 Å². The summed E-state index contributed by atoms with van der Waals surface area (Å²) in [6.07, 6.45) is 0.846. The monoisotopic (exact) mass is 311 g/mol. The van der Waals surface area contributed by atoms with Crippen LogP contribution in [0, 0.1) is 0 Å². The van der Waals surface area contributed by atoms with Gasteiger partial charge in [-0.2, -0.15) is 0 Å². The molecule has 7 heteroatoms. The molecule has 0 aliphatic carbocycles. The first-order chi connectivity index (χ1) is 11.0. The molecule has 3 rings (SSSR count). The highest BCUT2D eigenvalue weighted by Gasteiger charge is 2.10. The van der Waals surface area contributed by atoms with E-state index in [4.69, 9.17) is 10.5 Å². The highest BCUT2D eigenvalue weighted by molar-refractivity contribution is 5.88. The summed E-state index contributed by atoms with van der Waals surface area (Å²) < 4.78 is 5.03. The van der Waals surface area contributed by atoms with E-state index in [1.807, 2.05) is 24.3 Å². The second-order valence-corrected chi connectivity index (χ2v) is 5.38. The molecule has 4 N–H and O–H groups in total. The normalized spacial score (nSPS) is 10.9. The molecule has 0 atom stereocenters. The van der Waals surface area contributed by atoms with E-state index in [1.165, 1.54) is 0 Å². The molecule has 0 radical (unpaired) electrons. The number of aromatic nitrogens is 3. The van der Waals surface area contributed by atoms with Crippen LogP contribution in [0.3, 0.4) is 0 Å². The first-order valence-electron chi connectivity index (χ1n) is 7.20. The number of H-pyrrole nitrogens is 1. The van der Waals surface area contributed by atoms with E-state index in [0.29, 0.717) is 28.4 Å². The van der Waals surface area contributed by atoms with Gasteiger partial charge in [-0.15, -0.1) is 0 Å². The van der Waals surface area contributed by atoms with E-state index in [1.54, 1.807) is 26.1 Å². The van der Waals surface area contributed by atoms with E-state index < -0.39 is 6.09 Å². The van der Waals surface area contributed by atoms with Gasteiger partial charge in [-0.25, -0.2) is 14.8 Å². The lowest BCUT2D eigenvalue weighted by Crippen LogP contribution is -2.18. The number of nitrogens with one attached hydrogen (secondary N) is 2. The minimum Gasteiger partial charge on any atom is -0.447 e. The molecule has 0 aliphatic rings. The summed E-state index contributed by atoms with van der Waals surface area (Å²) in [4.78, 5) is 23.5. The molecule has 0 saturated heterocycles. The Balaban J connectivity index is 1.86. The van der Waals surface area contributed by atoms with E-state index in [9.17, 15) is 4.79 Å². The lowest BCUT2D eigenvalue weighted by molar-refractivity contribution is 0.130. The van der Waals surface area contributed by atoms with Crippen molar-refractivity contribution in [3.8, 4) is 11.4 Å². The van der Waals surface area contributed by atoms with Crippen molar-refractivity contribution in [1.29, 1.82) is 0 Å². The summed E-state index contributed by atoms with van der Waals surface area (Å²) in [5.74, 6) is 0.689. The molecule has 118 valence electrons. The molecule has 0 fully saturated rings. The van der Waals surface area contributed by atoms with Crippen LogP contribution >= 0.6 is 0 Å². The summed E-state index contributed by atoms with van der Waals surface area (Å²) in [6, 6.07) is 9.12. The maximum atomic E-state index is 11.6. The van der Waals surface area contributed by atoms with Gasteiger partial charge in [0.1, 0.15) is 11.3 Å². The molecule has 1 amide bonds. The third kappa shape index (κ3) is 3.39. The van der Waals surface area contributed by atoms with Crippen molar-refractivity contribution in [2.45, 2.75) is 20.0 Å². The third-order valence-corrected chi connectivity index (χ3v) is 3.11. The number of ether oxygens (including phenoxy) is 1. The maximum absolute atomic E-state index is 11.6. The number of nitrogen functional groups attached to an aromatic ring is 1.